The fourth-order valence-electron chi connectivity index (χ4n) is 1.88. The second-order valence-corrected chi connectivity index (χ2v) is 5.46. The van der Waals surface area contributed by atoms with Crippen molar-refractivity contribution in [3.8, 4) is 0 Å². The van der Waals surface area contributed by atoms with Crippen LogP contribution < -0.4 is 5.73 Å². The quantitative estimate of drug-likeness (QED) is 0.853. The number of nitrogens with zero attached hydrogens (tertiary/aromatic N) is 1. The van der Waals surface area contributed by atoms with E-state index in [9.17, 15) is 0 Å². The molecule has 0 bridgehead atoms. The molecule has 1 aliphatic heterocycles. The van der Waals surface area contributed by atoms with Crippen LogP contribution in [0.5, 0.6) is 0 Å². The number of rotatable bonds is 3. The average molecular weight is 226 g/mol. The lowest BCUT2D eigenvalue weighted by molar-refractivity contribution is 0.0563. The van der Waals surface area contributed by atoms with Crippen LogP contribution in [-0.4, -0.2) is 24.7 Å². The molecule has 2 N–H and O–H groups in total. The first-order chi connectivity index (χ1) is 7.24. The van der Waals surface area contributed by atoms with Crippen LogP contribution in [0.4, 0.5) is 0 Å². The predicted molar refractivity (Wildman–Crippen MR) is 62.3 cm³/mol. The molecular weight excluding hydrogens is 208 g/mol. The number of hydrogen-bond donors (Lipinski definition) is 1. The van der Waals surface area contributed by atoms with Crippen molar-refractivity contribution in [2.24, 2.45) is 5.73 Å². The molecule has 1 aromatic heterocycles. The molecule has 1 saturated heterocycles. The van der Waals surface area contributed by atoms with Gasteiger partial charge in [-0.05, 0) is 25.8 Å². The van der Waals surface area contributed by atoms with Gasteiger partial charge in [0.1, 0.15) is 0 Å². The highest BCUT2D eigenvalue weighted by atomic mass is 32.1. The van der Waals surface area contributed by atoms with Gasteiger partial charge in [-0.25, -0.2) is 4.98 Å². The largest absolute Gasteiger partial charge is 0.381 e. The third kappa shape index (κ3) is 2.38. The van der Waals surface area contributed by atoms with Crippen LogP contribution in [0, 0.1) is 0 Å². The minimum absolute atomic E-state index is 0.232. The molecule has 0 unspecified atom stereocenters. The number of nitrogens with two attached hydrogens (primary N) is 1. The molecule has 0 spiro atoms. The van der Waals surface area contributed by atoms with E-state index in [1.165, 1.54) is 9.88 Å². The first-order valence-electron chi connectivity index (χ1n) is 5.47. The fourth-order valence-corrected chi connectivity index (χ4v) is 3.01. The number of aromatic nitrogens is 1. The molecule has 4 heteroatoms. The smallest absolute Gasteiger partial charge is 0.0988 e. The zero-order valence-corrected chi connectivity index (χ0v) is 9.98. The van der Waals surface area contributed by atoms with Gasteiger partial charge in [-0.15, -0.1) is 11.3 Å². The normalized spacial score (nSPS) is 20.4. The van der Waals surface area contributed by atoms with E-state index < -0.39 is 0 Å². The van der Waals surface area contributed by atoms with E-state index in [2.05, 4.69) is 11.9 Å². The van der Waals surface area contributed by atoms with Gasteiger partial charge >= 0.3 is 0 Å². The zero-order valence-electron chi connectivity index (χ0n) is 9.16. The Morgan fingerprint density at radius 3 is 2.93 bits per heavy atom. The van der Waals surface area contributed by atoms with Crippen molar-refractivity contribution in [1.82, 2.24) is 4.98 Å². The lowest BCUT2D eigenvalue weighted by Gasteiger charge is -2.31. The van der Waals surface area contributed by atoms with Crippen LogP contribution in [0.3, 0.4) is 0 Å². The van der Waals surface area contributed by atoms with Crippen molar-refractivity contribution in [3.63, 3.8) is 0 Å². The van der Waals surface area contributed by atoms with E-state index in [0.29, 0.717) is 6.54 Å². The Morgan fingerprint density at radius 1 is 1.53 bits per heavy atom. The van der Waals surface area contributed by atoms with Crippen molar-refractivity contribution in [2.45, 2.75) is 31.6 Å². The molecular formula is C11H18N2OS. The van der Waals surface area contributed by atoms with Gasteiger partial charge in [-0.3, -0.25) is 0 Å². The van der Waals surface area contributed by atoms with E-state index in [0.717, 1.165) is 32.5 Å². The van der Waals surface area contributed by atoms with E-state index in [4.69, 9.17) is 10.5 Å². The Hall–Kier alpha value is -0.450. The molecule has 15 heavy (non-hydrogen) atoms. The number of ether oxygens (including phenoxy) is 1. The molecule has 0 atom stereocenters. The van der Waals surface area contributed by atoms with Gasteiger partial charge < -0.3 is 10.5 Å². The molecule has 1 fully saturated rings. The van der Waals surface area contributed by atoms with Crippen LogP contribution in [0.15, 0.2) is 6.20 Å². The van der Waals surface area contributed by atoms with Crippen LogP contribution in [-0.2, 0) is 16.6 Å². The summed E-state index contributed by atoms with van der Waals surface area (Å²) in [4.78, 5) is 5.84. The van der Waals surface area contributed by atoms with Crippen LogP contribution >= 0.6 is 11.3 Å². The average Bonchev–Trinajstić information content (AvgIpc) is 2.69. The van der Waals surface area contributed by atoms with Crippen molar-refractivity contribution in [2.75, 3.05) is 19.8 Å². The summed E-state index contributed by atoms with van der Waals surface area (Å²) in [7, 11) is 0. The van der Waals surface area contributed by atoms with Gasteiger partial charge in [0.15, 0.2) is 0 Å². The molecule has 0 radical (unpaired) electrons. The van der Waals surface area contributed by atoms with Crippen molar-refractivity contribution < 1.29 is 4.74 Å². The molecule has 2 heterocycles. The highest BCUT2D eigenvalue weighted by Gasteiger charge is 2.32. The Morgan fingerprint density at radius 2 is 2.27 bits per heavy atom. The maximum Gasteiger partial charge on any atom is 0.0988 e. The Balaban J connectivity index is 2.12. The minimum atomic E-state index is 0.232. The second-order valence-electron chi connectivity index (χ2n) is 4.34. The van der Waals surface area contributed by atoms with E-state index in [1.54, 1.807) is 0 Å². The third-order valence-electron chi connectivity index (χ3n) is 3.06. The standard InChI is InChI=1S/C11H18N2OS/c1-11(3-6-14-7-4-11)10-13-8-9(15-10)2-5-12/h8H,2-7,12H2,1H3. The Labute approximate surface area is 94.7 Å². The van der Waals surface area contributed by atoms with Gasteiger partial charge in [0.25, 0.3) is 0 Å². The second kappa shape index (κ2) is 4.60. The number of hydrogen-bond acceptors (Lipinski definition) is 4. The lowest BCUT2D eigenvalue weighted by Crippen LogP contribution is -2.30. The van der Waals surface area contributed by atoms with E-state index in [-0.39, 0.29) is 5.41 Å². The van der Waals surface area contributed by atoms with Gasteiger partial charge in [0, 0.05) is 29.7 Å². The SMILES string of the molecule is CC1(c2ncc(CCN)s2)CCOCC1. The summed E-state index contributed by atoms with van der Waals surface area (Å²) in [5.74, 6) is 0. The molecule has 84 valence electrons. The molecule has 1 aliphatic rings. The van der Waals surface area contributed by atoms with Crippen molar-refractivity contribution in [3.05, 3.63) is 16.1 Å². The number of thiazole rings is 1. The maximum atomic E-state index is 5.54. The summed E-state index contributed by atoms with van der Waals surface area (Å²) in [5.41, 5.74) is 5.77. The van der Waals surface area contributed by atoms with E-state index >= 15 is 0 Å². The molecule has 0 aliphatic carbocycles. The van der Waals surface area contributed by atoms with Gasteiger partial charge in [0.05, 0.1) is 5.01 Å². The summed E-state index contributed by atoms with van der Waals surface area (Å²) in [5, 5.41) is 1.26. The summed E-state index contributed by atoms with van der Waals surface area (Å²) in [6.07, 6.45) is 5.10. The summed E-state index contributed by atoms with van der Waals surface area (Å²) in [6, 6.07) is 0. The lowest BCUT2D eigenvalue weighted by atomic mass is 9.83. The molecule has 3 nitrogen and oxygen atoms in total. The molecule has 0 saturated carbocycles. The monoisotopic (exact) mass is 226 g/mol. The fraction of sp³-hybridized carbons (Fsp3) is 0.727. The van der Waals surface area contributed by atoms with Gasteiger partial charge in [-0.1, -0.05) is 6.92 Å². The Bertz CT molecular complexity index is 318. The minimum Gasteiger partial charge on any atom is -0.381 e. The molecule has 0 amide bonds. The van der Waals surface area contributed by atoms with Gasteiger partial charge in [0.2, 0.25) is 0 Å². The topological polar surface area (TPSA) is 48.1 Å². The molecule has 2 rings (SSSR count). The maximum absolute atomic E-state index is 5.54. The molecule has 1 aromatic rings. The van der Waals surface area contributed by atoms with Crippen LogP contribution in [0.1, 0.15) is 29.7 Å². The zero-order chi connectivity index (χ0) is 10.7. The van der Waals surface area contributed by atoms with Crippen molar-refractivity contribution >= 4 is 11.3 Å². The summed E-state index contributed by atoms with van der Waals surface area (Å²) < 4.78 is 5.40. The first-order valence-corrected chi connectivity index (χ1v) is 6.29. The highest BCUT2D eigenvalue weighted by Crippen LogP contribution is 2.36. The summed E-state index contributed by atoms with van der Waals surface area (Å²) >= 11 is 1.82. The first kappa shape index (κ1) is 11.0. The van der Waals surface area contributed by atoms with Crippen LogP contribution in [0.2, 0.25) is 0 Å². The summed E-state index contributed by atoms with van der Waals surface area (Å²) in [6.45, 7) is 4.73. The van der Waals surface area contributed by atoms with E-state index in [1.807, 2.05) is 17.5 Å². The Kier molecular flexibility index (Phi) is 3.38. The predicted octanol–water partition coefficient (Wildman–Crippen LogP) is 1.71. The van der Waals surface area contributed by atoms with Crippen LogP contribution in [0.25, 0.3) is 0 Å². The third-order valence-corrected chi connectivity index (χ3v) is 4.42. The van der Waals surface area contributed by atoms with Crippen molar-refractivity contribution in [1.29, 1.82) is 0 Å². The molecule has 0 aromatic carbocycles. The highest BCUT2D eigenvalue weighted by molar-refractivity contribution is 7.11. The van der Waals surface area contributed by atoms with Gasteiger partial charge in [-0.2, -0.15) is 0 Å².